The van der Waals surface area contributed by atoms with Crippen molar-refractivity contribution in [3.05, 3.63) is 83.2 Å². The zero-order valence-electron chi connectivity index (χ0n) is 16.4. The number of nitriles is 1. The highest BCUT2D eigenvalue weighted by molar-refractivity contribution is 5.88. The van der Waals surface area contributed by atoms with Crippen LogP contribution >= 0.6 is 0 Å². The predicted octanol–water partition coefficient (Wildman–Crippen LogP) is 4.36. The molecule has 6 nitrogen and oxygen atoms in total. The zero-order chi connectivity index (χ0) is 20.2. The fraction of sp³-hybridized carbons (Fsp3) is 0.174. The summed E-state index contributed by atoms with van der Waals surface area (Å²) in [5, 5.41) is 13.7. The van der Waals surface area contributed by atoms with E-state index in [9.17, 15) is 5.26 Å². The lowest BCUT2D eigenvalue weighted by Crippen LogP contribution is -2.10. The average Bonchev–Trinajstić information content (AvgIpc) is 3.10. The van der Waals surface area contributed by atoms with Crippen molar-refractivity contribution in [3.8, 4) is 12.0 Å². The number of methoxy groups -OCH3 is 1. The minimum absolute atomic E-state index is 0.418. The van der Waals surface area contributed by atoms with Crippen molar-refractivity contribution in [1.29, 1.82) is 5.26 Å². The number of rotatable bonds is 6. The number of anilines is 1. The molecule has 0 unspecified atom stereocenters. The Morgan fingerprint density at radius 3 is 2.72 bits per heavy atom. The van der Waals surface area contributed by atoms with Gasteiger partial charge in [-0.15, -0.1) is 0 Å². The average molecular weight is 383 g/mol. The summed E-state index contributed by atoms with van der Waals surface area (Å²) in [6.07, 6.45) is 1.79. The highest BCUT2D eigenvalue weighted by atomic mass is 16.5. The SMILES string of the molecule is COCc1cnc(-n2c(C)cc3c(C#N)cccc32)nc1NCc1ccccc1. The van der Waals surface area contributed by atoms with Gasteiger partial charge in [-0.2, -0.15) is 10.2 Å². The number of hydrogen-bond donors (Lipinski definition) is 1. The molecule has 0 amide bonds. The van der Waals surface area contributed by atoms with Crippen LogP contribution in [0.25, 0.3) is 16.9 Å². The second-order valence-electron chi connectivity index (χ2n) is 6.79. The molecule has 29 heavy (non-hydrogen) atoms. The summed E-state index contributed by atoms with van der Waals surface area (Å²) in [4.78, 5) is 9.36. The van der Waals surface area contributed by atoms with Crippen molar-refractivity contribution in [2.75, 3.05) is 12.4 Å². The molecule has 2 aromatic heterocycles. The first kappa shape index (κ1) is 18.7. The number of hydrogen-bond acceptors (Lipinski definition) is 5. The Morgan fingerprint density at radius 1 is 1.14 bits per heavy atom. The van der Waals surface area contributed by atoms with Gasteiger partial charge in [0.05, 0.1) is 23.8 Å². The highest BCUT2D eigenvalue weighted by Gasteiger charge is 2.15. The summed E-state index contributed by atoms with van der Waals surface area (Å²) < 4.78 is 7.29. The van der Waals surface area contributed by atoms with E-state index in [1.165, 1.54) is 0 Å². The van der Waals surface area contributed by atoms with E-state index in [0.717, 1.165) is 33.5 Å². The van der Waals surface area contributed by atoms with Crippen molar-refractivity contribution >= 4 is 16.7 Å². The topological polar surface area (TPSA) is 75.8 Å². The normalized spacial score (nSPS) is 10.8. The maximum Gasteiger partial charge on any atom is 0.236 e. The Hall–Kier alpha value is -3.69. The van der Waals surface area contributed by atoms with Crippen LogP contribution in [0.4, 0.5) is 5.82 Å². The Balaban J connectivity index is 1.76. The van der Waals surface area contributed by atoms with Crippen LogP contribution < -0.4 is 5.32 Å². The maximum atomic E-state index is 9.41. The van der Waals surface area contributed by atoms with Crippen molar-refractivity contribution in [2.45, 2.75) is 20.1 Å². The van der Waals surface area contributed by atoms with Crippen LogP contribution in [-0.4, -0.2) is 21.6 Å². The Labute approximate surface area is 169 Å². The van der Waals surface area contributed by atoms with Gasteiger partial charge >= 0.3 is 0 Å². The molecule has 0 aliphatic rings. The highest BCUT2D eigenvalue weighted by Crippen LogP contribution is 2.26. The van der Waals surface area contributed by atoms with E-state index < -0.39 is 0 Å². The molecule has 6 heteroatoms. The summed E-state index contributed by atoms with van der Waals surface area (Å²) in [6.45, 7) is 3.06. The molecule has 0 saturated carbocycles. The molecule has 0 fully saturated rings. The fourth-order valence-electron chi connectivity index (χ4n) is 3.43. The molecule has 2 aromatic carbocycles. The molecule has 144 valence electrons. The van der Waals surface area contributed by atoms with Gasteiger partial charge in [0.2, 0.25) is 5.95 Å². The lowest BCUT2D eigenvalue weighted by Gasteiger charge is -2.14. The Morgan fingerprint density at radius 2 is 1.97 bits per heavy atom. The van der Waals surface area contributed by atoms with Gasteiger partial charge < -0.3 is 10.1 Å². The van der Waals surface area contributed by atoms with Crippen molar-refractivity contribution in [3.63, 3.8) is 0 Å². The Kier molecular flexibility index (Phi) is 5.23. The molecule has 4 aromatic rings. The molecule has 4 rings (SSSR count). The monoisotopic (exact) mass is 383 g/mol. The largest absolute Gasteiger partial charge is 0.380 e. The van der Waals surface area contributed by atoms with Crippen LogP contribution in [0.1, 0.15) is 22.4 Å². The van der Waals surface area contributed by atoms with Gasteiger partial charge in [0.25, 0.3) is 0 Å². The standard InChI is InChI=1S/C23H21N5O/c1-16-11-20-18(12-24)9-6-10-21(20)28(16)23-26-14-19(15-29-2)22(27-23)25-13-17-7-4-3-5-8-17/h3-11,14H,13,15H2,1-2H3,(H,25,26,27). The lowest BCUT2D eigenvalue weighted by atomic mass is 10.1. The third-order valence-electron chi connectivity index (χ3n) is 4.80. The molecule has 0 saturated heterocycles. The zero-order valence-corrected chi connectivity index (χ0v) is 16.4. The maximum absolute atomic E-state index is 9.41. The number of benzene rings is 2. The van der Waals surface area contributed by atoms with E-state index >= 15 is 0 Å². The minimum atomic E-state index is 0.418. The van der Waals surface area contributed by atoms with Gasteiger partial charge in [-0.05, 0) is 30.7 Å². The van der Waals surface area contributed by atoms with Gasteiger partial charge in [-0.25, -0.2) is 4.98 Å². The summed E-state index contributed by atoms with van der Waals surface area (Å²) in [5.41, 5.74) is 4.57. The fourth-order valence-corrected chi connectivity index (χ4v) is 3.43. The first-order valence-corrected chi connectivity index (χ1v) is 9.35. The van der Waals surface area contributed by atoms with Crippen LogP contribution in [0.15, 0.2) is 60.8 Å². The van der Waals surface area contributed by atoms with Gasteiger partial charge in [0.15, 0.2) is 0 Å². The van der Waals surface area contributed by atoms with E-state index in [4.69, 9.17) is 9.72 Å². The molecule has 0 radical (unpaired) electrons. The molecule has 0 bridgehead atoms. The molecule has 0 atom stereocenters. The number of aromatic nitrogens is 3. The summed E-state index contributed by atoms with van der Waals surface area (Å²) in [5.74, 6) is 1.29. The molecule has 0 aliphatic heterocycles. The van der Waals surface area contributed by atoms with Gasteiger partial charge in [0.1, 0.15) is 5.82 Å². The molecular formula is C23H21N5O. The lowest BCUT2D eigenvalue weighted by molar-refractivity contribution is 0.185. The van der Waals surface area contributed by atoms with Gasteiger partial charge in [-0.1, -0.05) is 36.4 Å². The first-order valence-electron chi connectivity index (χ1n) is 9.35. The number of aryl methyl sites for hydroxylation is 1. The predicted molar refractivity (Wildman–Crippen MR) is 113 cm³/mol. The molecule has 0 spiro atoms. The van der Waals surface area contributed by atoms with Crippen LogP contribution in [0, 0.1) is 18.3 Å². The Bertz CT molecular complexity index is 1190. The summed E-state index contributed by atoms with van der Waals surface area (Å²) in [7, 11) is 1.65. The van der Waals surface area contributed by atoms with Crippen molar-refractivity contribution < 1.29 is 4.74 Å². The second kappa shape index (κ2) is 8.13. The van der Waals surface area contributed by atoms with Crippen LogP contribution in [0.5, 0.6) is 0 Å². The number of nitrogens with zero attached hydrogens (tertiary/aromatic N) is 4. The molecule has 1 N–H and O–H groups in total. The number of fused-ring (bicyclic) bond motifs is 1. The van der Waals surface area contributed by atoms with E-state index in [0.29, 0.717) is 24.7 Å². The minimum Gasteiger partial charge on any atom is -0.380 e. The summed E-state index contributed by atoms with van der Waals surface area (Å²) >= 11 is 0. The second-order valence-corrected chi connectivity index (χ2v) is 6.79. The van der Waals surface area contributed by atoms with Crippen LogP contribution in [0.2, 0.25) is 0 Å². The van der Waals surface area contributed by atoms with Gasteiger partial charge in [-0.3, -0.25) is 4.57 Å². The quantitative estimate of drug-likeness (QED) is 0.535. The van der Waals surface area contributed by atoms with Crippen molar-refractivity contribution in [1.82, 2.24) is 14.5 Å². The van der Waals surface area contributed by atoms with E-state index in [1.807, 2.05) is 54.0 Å². The smallest absolute Gasteiger partial charge is 0.236 e. The van der Waals surface area contributed by atoms with E-state index in [1.54, 1.807) is 13.3 Å². The molecular weight excluding hydrogens is 362 g/mol. The van der Waals surface area contributed by atoms with Gasteiger partial charge in [0, 0.05) is 36.5 Å². The van der Waals surface area contributed by atoms with Crippen LogP contribution in [-0.2, 0) is 17.9 Å². The van der Waals surface area contributed by atoms with E-state index in [-0.39, 0.29) is 0 Å². The van der Waals surface area contributed by atoms with Crippen LogP contribution in [0.3, 0.4) is 0 Å². The third-order valence-corrected chi connectivity index (χ3v) is 4.80. The third kappa shape index (κ3) is 3.68. The van der Waals surface area contributed by atoms with Crippen molar-refractivity contribution in [2.24, 2.45) is 0 Å². The molecule has 2 heterocycles. The number of nitrogens with one attached hydrogen (secondary N) is 1. The molecule has 0 aliphatic carbocycles. The first-order chi connectivity index (χ1) is 14.2. The van der Waals surface area contributed by atoms with E-state index in [2.05, 4.69) is 28.5 Å². The number of ether oxygens (including phenoxy) is 1. The summed E-state index contributed by atoms with van der Waals surface area (Å²) in [6, 6.07) is 20.1.